The summed E-state index contributed by atoms with van der Waals surface area (Å²) < 4.78 is 0. The van der Waals surface area contributed by atoms with Gasteiger partial charge in [-0.15, -0.1) is 0 Å². The maximum atomic E-state index is 11.9. The van der Waals surface area contributed by atoms with Crippen molar-refractivity contribution < 1.29 is 44.3 Å². The summed E-state index contributed by atoms with van der Waals surface area (Å²) in [6, 6.07) is 0. The largest absolute Gasteiger partial charge is 1.00 e. The van der Waals surface area contributed by atoms with Crippen molar-refractivity contribution in [1.29, 1.82) is 0 Å². The summed E-state index contributed by atoms with van der Waals surface area (Å²) in [7, 11) is 0. The third-order valence-electron chi connectivity index (χ3n) is 9.01. The van der Waals surface area contributed by atoms with Crippen molar-refractivity contribution in [3.8, 4) is 0 Å². The van der Waals surface area contributed by atoms with Crippen LogP contribution in [0.2, 0.25) is 0 Å². The quantitative estimate of drug-likeness (QED) is 0.670. The second-order valence-corrected chi connectivity index (χ2v) is 9.80. The Morgan fingerprint density at radius 1 is 1.12 bits per heavy atom. The SMILES string of the molecule is C[C@H](C(=O)[O-])[C@H]1CC[C@H]2[C@@H]3CCC4=CC(=O)CC[C@]4(C)[C@H]3CC[C@]12C.[Na+]. The van der Waals surface area contributed by atoms with Crippen LogP contribution in [0.15, 0.2) is 11.6 Å². The van der Waals surface area contributed by atoms with Gasteiger partial charge in [0, 0.05) is 12.4 Å². The van der Waals surface area contributed by atoms with Gasteiger partial charge < -0.3 is 9.90 Å². The average Bonchev–Trinajstić information content (AvgIpc) is 2.92. The third kappa shape index (κ3) is 2.88. The standard InChI is InChI=1S/C22H32O3.Na/c1-13(20(24)25)17-6-7-18-16-5-4-14-12-15(23)8-10-21(14,2)19(16)9-11-22(17,18)3;/h12-13,16-19H,4-11H2,1-3H3,(H,24,25);/q;+1/p-1/t13-,16-,17+,18-,19-,21-,22+;/m0./s1. The summed E-state index contributed by atoms with van der Waals surface area (Å²) >= 11 is 0. The molecule has 3 saturated carbocycles. The maximum absolute atomic E-state index is 11.9. The molecular formula is C22H31NaO3. The number of rotatable bonds is 2. The van der Waals surface area contributed by atoms with E-state index in [1.165, 1.54) is 24.8 Å². The van der Waals surface area contributed by atoms with E-state index < -0.39 is 5.97 Å². The predicted octanol–water partition coefficient (Wildman–Crippen LogP) is 0.525. The Kier molecular flexibility index (Phi) is 5.58. The van der Waals surface area contributed by atoms with E-state index in [1.54, 1.807) is 0 Å². The number of hydrogen-bond donors (Lipinski definition) is 0. The molecule has 0 amide bonds. The maximum Gasteiger partial charge on any atom is 1.00 e. The topological polar surface area (TPSA) is 57.2 Å². The van der Waals surface area contributed by atoms with E-state index in [4.69, 9.17) is 0 Å². The number of ketones is 1. The Bertz CT molecular complexity index is 641. The molecule has 138 valence electrons. The van der Waals surface area contributed by atoms with Crippen molar-refractivity contribution in [3.63, 3.8) is 0 Å². The smallest absolute Gasteiger partial charge is 0.550 e. The van der Waals surface area contributed by atoms with Crippen molar-refractivity contribution in [3.05, 3.63) is 11.6 Å². The number of carbonyl (C=O) groups is 2. The van der Waals surface area contributed by atoms with Crippen molar-refractivity contribution in [2.45, 2.75) is 72.1 Å². The Morgan fingerprint density at radius 3 is 2.54 bits per heavy atom. The van der Waals surface area contributed by atoms with E-state index in [-0.39, 0.29) is 52.2 Å². The third-order valence-corrected chi connectivity index (χ3v) is 9.01. The molecule has 0 spiro atoms. The molecule has 3 nitrogen and oxygen atoms in total. The summed E-state index contributed by atoms with van der Waals surface area (Å²) in [6.07, 6.45) is 10.5. The number of carbonyl (C=O) groups excluding carboxylic acids is 2. The molecule has 3 fully saturated rings. The first-order valence-electron chi connectivity index (χ1n) is 10.2. The number of allylic oxidation sites excluding steroid dienone is 1. The van der Waals surface area contributed by atoms with E-state index in [0.717, 1.165) is 25.7 Å². The monoisotopic (exact) mass is 366 g/mol. The molecule has 4 heteroatoms. The van der Waals surface area contributed by atoms with Crippen LogP contribution < -0.4 is 34.7 Å². The Labute approximate surface area is 179 Å². The summed E-state index contributed by atoms with van der Waals surface area (Å²) in [4.78, 5) is 23.4. The molecule has 0 aromatic carbocycles. The number of fused-ring (bicyclic) bond motifs is 5. The van der Waals surface area contributed by atoms with Crippen LogP contribution in [0.25, 0.3) is 0 Å². The minimum Gasteiger partial charge on any atom is -0.550 e. The van der Waals surface area contributed by atoms with Gasteiger partial charge in [-0.1, -0.05) is 26.3 Å². The molecular weight excluding hydrogens is 335 g/mol. The van der Waals surface area contributed by atoms with Gasteiger partial charge in [-0.25, -0.2) is 0 Å². The Hall–Kier alpha value is -0.120. The van der Waals surface area contributed by atoms with Crippen LogP contribution in [0.3, 0.4) is 0 Å². The molecule has 26 heavy (non-hydrogen) atoms. The minimum atomic E-state index is -0.874. The molecule has 0 aromatic rings. The zero-order valence-corrected chi connectivity index (χ0v) is 18.8. The van der Waals surface area contributed by atoms with Gasteiger partial charge in [0.15, 0.2) is 5.78 Å². The molecule has 0 bridgehead atoms. The van der Waals surface area contributed by atoms with Gasteiger partial charge in [-0.2, -0.15) is 0 Å². The molecule has 4 aliphatic rings. The molecule has 0 radical (unpaired) electrons. The van der Waals surface area contributed by atoms with E-state index in [2.05, 4.69) is 13.8 Å². The normalized spacial score (nSPS) is 45.5. The molecule has 0 heterocycles. The molecule has 0 aromatic heterocycles. The van der Waals surface area contributed by atoms with Crippen molar-refractivity contribution in [2.75, 3.05) is 0 Å². The van der Waals surface area contributed by atoms with E-state index in [1.807, 2.05) is 13.0 Å². The van der Waals surface area contributed by atoms with Crippen LogP contribution in [0.4, 0.5) is 0 Å². The fourth-order valence-electron chi connectivity index (χ4n) is 7.59. The van der Waals surface area contributed by atoms with Crippen LogP contribution in [-0.2, 0) is 9.59 Å². The molecule has 4 rings (SSSR count). The van der Waals surface area contributed by atoms with Gasteiger partial charge in [0.25, 0.3) is 0 Å². The number of hydrogen-bond acceptors (Lipinski definition) is 3. The van der Waals surface area contributed by atoms with E-state index in [9.17, 15) is 14.7 Å². The molecule has 4 aliphatic carbocycles. The zero-order valence-electron chi connectivity index (χ0n) is 16.8. The average molecular weight is 366 g/mol. The van der Waals surface area contributed by atoms with Crippen molar-refractivity contribution >= 4 is 11.8 Å². The first-order valence-corrected chi connectivity index (χ1v) is 10.2. The Balaban J connectivity index is 0.00000196. The molecule has 0 unspecified atom stereocenters. The van der Waals surface area contributed by atoms with Gasteiger partial charge >= 0.3 is 29.6 Å². The second kappa shape index (κ2) is 7.04. The van der Waals surface area contributed by atoms with Crippen LogP contribution in [0, 0.1) is 40.4 Å². The minimum absolute atomic E-state index is 0. The van der Waals surface area contributed by atoms with Crippen LogP contribution in [-0.4, -0.2) is 11.8 Å². The summed E-state index contributed by atoms with van der Waals surface area (Å²) in [6.45, 7) is 6.62. The summed E-state index contributed by atoms with van der Waals surface area (Å²) in [5, 5.41) is 11.5. The zero-order chi connectivity index (χ0) is 18.0. The van der Waals surface area contributed by atoms with Crippen LogP contribution in [0.1, 0.15) is 72.1 Å². The number of carboxylic acids is 1. The predicted molar refractivity (Wildman–Crippen MR) is 94.4 cm³/mol. The first kappa shape index (κ1) is 20.6. The summed E-state index contributed by atoms with van der Waals surface area (Å²) in [5.41, 5.74) is 1.77. The fourth-order valence-corrected chi connectivity index (χ4v) is 7.59. The molecule has 7 atom stereocenters. The van der Waals surface area contributed by atoms with Crippen molar-refractivity contribution in [2.24, 2.45) is 40.4 Å². The van der Waals surface area contributed by atoms with Gasteiger partial charge in [0.1, 0.15) is 0 Å². The molecule has 0 saturated heterocycles. The Morgan fingerprint density at radius 2 is 1.85 bits per heavy atom. The summed E-state index contributed by atoms with van der Waals surface area (Å²) in [5.74, 6) is 1.39. The van der Waals surface area contributed by atoms with Crippen LogP contribution in [0.5, 0.6) is 0 Å². The first-order chi connectivity index (χ1) is 11.8. The van der Waals surface area contributed by atoms with Gasteiger partial charge in [-0.05, 0) is 91.4 Å². The van der Waals surface area contributed by atoms with Crippen molar-refractivity contribution in [1.82, 2.24) is 0 Å². The van der Waals surface area contributed by atoms with Crippen LogP contribution >= 0.6 is 0 Å². The number of carboxylic acid groups (broad SMARTS) is 1. The molecule has 0 N–H and O–H groups in total. The van der Waals surface area contributed by atoms with E-state index in [0.29, 0.717) is 30.0 Å². The van der Waals surface area contributed by atoms with Gasteiger partial charge in [0.05, 0.1) is 0 Å². The van der Waals surface area contributed by atoms with E-state index >= 15 is 0 Å². The van der Waals surface area contributed by atoms with Gasteiger partial charge in [0.2, 0.25) is 0 Å². The number of aliphatic carboxylic acids is 1. The second-order valence-electron chi connectivity index (χ2n) is 9.80. The molecule has 0 aliphatic heterocycles. The fraction of sp³-hybridized carbons (Fsp3) is 0.818. The van der Waals surface area contributed by atoms with Gasteiger partial charge in [-0.3, -0.25) is 4.79 Å².